The molecule has 3 nitrogen and oxygen atoms in total. The van der Waals surface area contributed by atoms with Gasteiger partial charge in [-0.05, 0) is 51.8 Å². The topological polar surface area (TPSA) is 27.7 Å². The normalized spacial score (nSPS) is 26.6. The molecule has 0 spiro atoms. The van der Waals surface area contributed by atoms with Crippen LogP contribution in [0.25, 0.3) is 0 Å². The molecule has 1 aromatic rings. The minimum Gasteiger partial charge on any atom is -0.399 e. The molecule has 3 rings (SSSR count). The van der Waals surface area contributed by atoms with Gasteiger partial charge in [-0.2, -0.15) is 0 Å². The van der Waals surface area contributed by atoms with Gasteiger partial charge in [-0.3, -0.25) is 0 Å². The Labute approximate surface area is 130 Å². The van der Waals surface area contributed by atoms with Crippen molar-refractivity contribution >= 4 is 12.6 Å². The largest absolute Gasteiger partial charge is 0.500 e. The van der Waals surface area contributed by atoms with Gasteiger partial charge < -0.3 is 14.0 Å². The molecule has 2 saturated heterocycles. The van der Waals surface area contributed by atoms with Gasteiger partial charge >= 0.3 is 7.12 Å². The molecule has 0 saturated carbocycles. The Morgan fingerprint density at radius 1 is 1.05 bits per heavy atom. The molecule has 0 aliphatic carbocycles. The van der Waals surface area contributed by atoms with Crippen LogP contribution in [-0.2, 0) is 14.0 Å². The van der Waals surface area contributed by atoms with Crippen molar-refractivity contribution in [3.63, 3.8) is 0 Å². The Morgan fingerprint density at radius 2 is 1.59 bits per heavy atom. The first-order valence-corrected chi connectivity index (χ1v) is 7.63. The Balaban J connectivity index is 1.92. The summed E-state index contributed by atoms with van der Waals surface area (Å²) >= 11 is 0. The van der Waals surface area contributed by atoms with E-state index in [0.29, 0.717) is 18.8 Å². The standard InChI is InChI=1S/C16H21BF2O3/c1-15(2)16(3,4)22-17(21-15)14-12(18)7-11(8-13(14)19)10-5-6-20-9-10/h7-8,10H,5-6,9H2,1-4H3. The summed E-state index contributed by atoms with van der Waals surface area (Å²) in [5.74, 6) is -1.20. The summed E-state index contributed by atoms with van der Waals surface area (Å²) in [4.78, 5) is 0. The van der Waals surface area contributed by atoms with Crippen molar-refractivity contribution in [1.29, 1.82) is 0 Å². The van der Waals surface area contributed by atoms with Crippen LogP contribution in [0.3, 0.4) is 0 Å². The van der Waals surface area contributed by atoms with Gasteiger partial charge in [0, 0.05) is 12.5 Å². The van der Waals surface area contributed by atoms with E-state index in [1.807, 2.05) is 27.7 Å². The molecule has 2 heterocycles. The second-order valence-electron chi connectivity index (χ2n) is 7.05. The molecular weight excluding hydrogens is 289 g/mol. The van der Waals surface area contributed by atoms with Gasteiger partial charge in [0.05, 0.1) is 23.3 Å². The highest BCUT2D eigenvalue weighted by Crippen LogP contribution is 2.37. The van der Waals surface area contributed by atoms with Gasteiger partial charge in [0.1, 0.15) is 11.6 Å². The lowest BCUT2D eigenvalue weighted by Gasteiger charge is -2.32. The zero-order valence-corrected chi connectivity index (χ0v) is 13.4. The van der Waals surface area contributed by atoms with Crippen molar-refractivity contribution in [3.8, 4) is 0 Å². The Hall–Kier alpha value is -0.975. The van der Waals surface area contributed by atoms with Crippen LogP contribution < -0.4 is 5.46 Å². The predicted octanol–water partition coefficient (Wildman–Crippen LogP) is 2.77. The number of hydrogen-bond acceptors (Lipinski definition) is 3. The van der Waals surface area contributed by atoms with E-state index in [1.54, 1.807) is 0 Å². The number of benzene rings is 1. The van der Waals surface area contributed by atoms with Crippen LogP contribution in [0.4, 0.5) is 8.78 Å². The molecule has 2 aliphatic rings. The first-order chi connectivity index (χ1) is 10.2. The van der Waals surface area contributed by atoms with E-state index in [0.717, 1.165) is 6.42 Å². The fourth-order valence-corrected chi connectivity index (χ4v) is 2.82. The first kappa shape index (κ1) is 15.9. The molecule has 0 bridgehead atoms. The van der Waals surface area contributed by atoms with Crippen LogP contribution in [0.2, 0.25) is 0 Å². The van der Waals surface area contributed by atoms with E-state index in [4.69, 9.17) is 14.0 Å². The van der Waals surface area contributed by atoms with E-state index in [-0.39, 0.29) is 11.4 Å². The summed E-state index contributed by atoms with van der Waals surface area (Å²) < 4.78 is 45.7. The maximum atomic E-state index is 14.5. The van der Waals surface area contributed by atoms with Crippen LogP contribution in [0.15, 0.2) is 12.1 Å². The molecule has 2 aliphatic heterocycles. The molecule has 22 heavy (non-hydrogen) atoms. The van der Waals surface area contributed by atoms with E-state index in [2.05, 4.69) is 0 Å². The molecule has 6 heteroatoms. The third kappa shape index (κ3) is 2.57. The molecular formula is C16H21BF2O3. The van der Waals surface area contributed by atoms with Gasteiger partial charge in [0.15, 0.2) is 0 Å². The van der Waals surface area contributed by atoms with Crippen molar-refractivity contribution in [1.82, 2.24) is 0 Å². The van der Waals surface area contributed by atoms with Crippen molar-refractivity contribution < 1.29 is 22.8 Å². The number of ether oxygens (including phenoxy) is 1. The highest BCUT2D eigenvalue weighted by Gasteiger charge is 2.53. The average Bonchev–Trinajstić information content (AvgIpc) is 2.95. The van der Waals surface area contributed by atoms with E-state index in [1.165, 1.54) is 12.1 Å². The van der Waals surface area contributed by atoms with Crippen LogP contribution >= 0.6 is 0 Å². The van der Waals surface area contributed by atoms with Crippen LogP contribution in [0.5, 0.6) is 0 Å². The molecule has 0 radical (unpaired) electrons. The van der Waals surface area contributed by atoms with Crippen LogP contribution in [0.1, 0.15) is 45.6 Å². The molecule has 0 aromatic heterocycles. The lowest BCUT2D eigenvalue weighted by Crippen LogP contribution is -2.41. The molecule has 1 unspecified atom stereocenters. The zero-order chi connectivity index (χ0) is 16.1. The van der Waals surface area contributed by atoms with Gasteiger partial charge in [-0.25, -0.2) is 8.78 Å². The van der Waals surface area contributed by atoms with E-state index in [9.17, 15) is 8.78 Å². The number of halogens is 2. The van der Waals surface area contributed by atoms with Crippen LogP contribution in [-0.4, -0.2) is 31.5 Å². The fourth-order valence-electron chi connectivity index (χ4n) is 2.82. The average molecular weight is 310 g/mol. The molecule has 1 aromatic carbocycles. The van der Waals surface area contributed by atoms with Gasteiger partial charge in [0.25, 0.3) is 0 Å². The third-order valence-corrected chi connectivity index (χ3v) is 4.99. The number of rotatable bonds is 2. The second-order valence-corrected chi connectivity index (χ2v) is 7.05. The minimum atomic E-state index is -1.03. The third-order valence-electron chi connectivity index (χ3n) is 4.99. The van der Waals surface area contributed by atoms with Gasteiger partial charge in [0.2, 0.25) is 0 Å². The van der Waals surface area contributed by atoms with Crippen molar-refractivity contribution in [2.24, 2.45) is 0 Å². The van der Waals surface area contributed by atoms with E-state index >= 15 is 0 Å². The molecule has 0 amide bonds. The van der Waals surface area contributed by atoms with Gasteiger partial charge in [-0.15, -0.1) is 0 Å². The minimum absolute atomic E-state index is 0.0522. The fraction of sp³-hybridized carbons (Fsp3) is 0.625. The summed E-state index contributed by atoms with van der Waals surface area (Å²) in [7, 11) is -1.03. The molecule has 0 N–H and O–H groups in total. The Morgan fingerprint density at radius 3 is 2.05 bits per heavy atom. The monoisotopic (exact) mass is 310 g/mol. The summed E-state index contributed by atoms with van der Waals surface area (Å²) in [5, 5.41) is 0. The highest BCUT2D eigenvalue weighted by atomic mass is 19.1. The van der Waals surface area contributed by atoms with E-state index < -0.39 is 30.0 Å². The molecule has 2 fully saturated rings. The predicted molar refractivity (Wildman–Crippen MR) is 80.3 cm³/mol. The van der Waals surface area contributed by atoms with Crippen molar-refractivity contribution in [2.45, 2.75) is 51.2 Å². The maximum absolute atomic E-state index is 14.5. The molecule has 1 atom stereocenters. The van der Waals surface area contributed by atoms with Crippen molar-refractivity contribution in [3.05, 3.63) is 29.3 Å². The highest BCUT2D eigenvalue weighted by molar-refractivity contribution is 6.62. The number of hydrogen-bond donors (Lipinski definition) is 0. The smallest absolute Gasteiger partial charge is 0.399 e. The maximum Gasteiger partial charge on any atom is 0.500 e. The zero-order valence-electron chi connectivity index (χ0n) is 13.4. The molecule has 120 valence electrons. The summed E-state index contributed by atoms with van der Waals surface area (Å²) in [6.45, 7) is 8.56. The van der Waals surface area contributed by atoms with Crippen LogP contribution in [0, 0.1) is 11.6 Å². The van der Waals surface area contributed by atoms with Gasteiger partial charge in [-0.1, -0.05) is 0 Å². The van der Waals surface area contributed by atoms with Crippen molar-refractivity contribution in [2.75, 3.05) is 13.2 Å². The lowest BCUT2D eigenvalue weighted by atomic mass is 9.77. The summed E-state index contributed by atoms with van der Waals surface area (Å²) in [6, 6.07) is 2.76. The second kappa shape index (κ2) is 5.29. The lowest BCUT2D eigenvalue weighted by molar-refractivity contribution is 0.00578. The quantitative estimate of drug-likeness (QED) is 0.786. The summed E-state index contributed by atoms with van der Waals surface area (Å²) in [6.07, 6.45) is 0.786. The summed E-state index contributed by atoms with van der Waals surface area (Å²) in [5.41, 5.74) is -0.780. The Bertz CT molecular complexity index is 544. The first-order valence-electron chi connectivity index (χ1n) is 7.63. The SMILES string of the molecule is CC1(C)OB(c2c(F)cc(C3CCOC3)cc2F)OC1(C)C. The Kier molecular flexibility index (Phi) is 3.82.